The maximum Gasteiger partial charge on any atom is 0.0993 e. The third-order valence-corrected chi connectivity index (χ3v) is 3.43. The third-order valence-electron chi connectivity index (χ3n) is 3.43. The van der Waals surface area contributed by atoms with Gasteiger partial charge in [-0.05, 0) is 38.3 Å². The van der Waals surface area contributed by atoms with Gasteiger partial charge in [-0.15, -0.1) is 0 Å². The van der Waals surface area contributed by atoms with E-state index >= 15 is 0 Å². The van der Waals surface area contributed by atoms with E-state index in [9.17, 15) is 0 Å². The number of para-hydroxylation sites is 1. The summed E-state index contributed by atoms with van der Waals surface area (Å²) in [5.74, 6) is 0.688. The minimum atomic E-state index is 0.688. The highest BCUT2D eigenvalue weighted by Gasteiger charge is 2.08. The van der Waals surface area contributed by atoms with E-state index in [0.29, 0.717) is 5.84 Å². The molecule has 0 radical (unpaired) electrons. The minimum absolute atomic E-state index is 0.688. The van der Waals surface area contributed by atoms with Gasteiger partial charge in [-0.1, -0.05) is 37.6 Å². The summed E-state index contributed by atoms with van der Waals surface area (Å²) in [6.07, 6.45) is 1.84. The molecule has 0 saturated carbocycles. The average molecular weight is 244 g/mol. The molecule has 0 aromatic heterocycles. The van der Waals surface area contributed by atoms with Crippen molar-refractivity contribution >= 4 is 17.1 Å². The van der Waals surface area contributed by atoms with Crippen molar-refractivity contribution in [2.45, 2.75) is 47.5 Å². The van der Waals surface area contributed by atoms with Crippen LogP contribution >= 0.6 is 0 Å². The first-order valence-corrected chi connectivity index (χ1v) is 6.60. The van der Waals surface area contributed by atoms with Crippen LogP contribution in [0.3, 0.4) is 0 Å². The molecule has 0 spiro atoms. The van der Waals surface area contributed by atoms with E-state index in [0.717, 1.165) is 18.5 Å². The van der Waals surface area contributed by atoms with Crippen LogP contribution in [0.2, 0.25) is 0 Å². The van der Waals surface area contributed by atoms with Gasteiger partial charge in [-0.2, -0.15) is 0 Å². The molecule has 0 atom stereocenters. The Morgan fingerprint density at radius 3 is 2.39 bits per heavy atom. The van der Waals surface area contributed by atoms with Crippen LogP contribution < -0.4 is 5.73 Å². The van der Waals surface area contributed by atoms with Gasteiger partial charge in [0.25, 0.3) is 0 Å². The fourth-order valence-electron chi connectivity index (χ4n) is 1.83. The maximum absolute atomic E-state index is 5.89. The Balaban J connectivity index is 3.42. The van der Waals surface area contributed by atoms with Gasteiger partial charge in [0.2, 0.25) is 0 Å². The molecule has 2 heteroatoms. The second-order valence-electron chi connectivity index (χ2n) is 4.69. The van der Waals surface area contributed by atoms with Gasteiger partial charge >= 0.3 is 0 Å². The van der Waals surface area contributed by atoms with E-state index in [1.54, 1.807) is 0 Å². The summed E-state index contributed by atoms with van der Waals surface area (Å²) in [5.41, 5.74) is 12.0. The molecule has 0 unspecified atom stereocenters. The van der Waals surface area contributed by atoms with Gasteiger partial charge < -0.3 is 5.73 Å². The smallest absolute Gasteiger partial charge is 0.0993 e. The Hall–Kier alpha value is -1.57. The lowest BCUT2D eigenvalue weighted by atomic mass is 9.97. The van der Waals surface area contributed by atoms with Crippen LogP contribution in [-0.4, -0.2) is 5.84 Å². The van der Waals surface area contributed by atoms with Crippen LogP contribution in [0.4, 0.5) is 5.69 Å². The van der Waals surface area contributed by atoms with Crippen LogP contribution in [0.5, 0.6) is 0 Å². The standard InChI is InChI=1S/C16H24N2/c1-6-11(3)13(5)14-10-8-9-12(4)16(14)18-15(17)7-2/h8-10H,6-7H2,1-5H3,(H2,17,18)/b13-11-. The van der Waals surface area contributed by atoms with Gasteiger partial charge in [0.1, 0.15) is 0 Å². The van der Waals surface area contributed by atoms with Crippen molar-refractivity contribution in [1.82, 2.24) is 0 Å². The Bertz CT molecular complexity index is 482. The second kappa shape index (κ2) is 6.39. The molecule has 0 aliphatic rings. The van der Waals surface area contributed by atoms with Gasteiger partial charge in [-0.25, -0.2) is 4.99 Å². The number of aryl methyl sites for hydroxylation is 1. The normalized spacial score (nSPS) is 13.5. The molecular weight excluding hydrogens is 220 g/mol. The van der Waals surface area contributed by atoms with E-state index < -0.39 is 0 Å². The molecule has 0 aliphatic carbocycles. The summed E-state index contributed by atoms with van der Waals surface area (Å²) < 4.78 is 0. The summed E-state index contributed by atoms with van der Waals surface area (Å²) in [7, 11) is 0. The van der Waals surface area contributed by atoms with Crippen LogP contribution in [0.15, 0.2) is 28.8 Å². The first-order valence-electron chi connectivity index (χ1n) is 6.60. The fourth-order valence-corrected chi connectivity index (χ4v) is 1.83. The summed E-state index contributed by atoms with van der Waals surface area (Å²) in [5, 5.41) is 0. The average Bonchev–Trinajstić information content (AvgIpc) is 2.39. The molecule has 0 amide bonds. The highest BCUT2D eigenvalue weighted by atomic mass is 14.9. The zero-order valence-corrected chi connectivity index (χ0v) is 12.2. The molecule has 0 heterocycles. The number of rotatable bonds is 4. The number of amidine groups is 1. The van der Waals surface area contributed by atoms with E-state index in [1.807, 2.05) is 6.92 Å². The van der Waals surface area contributed by atoms with Crippen LogP contribution in [-0.2, 0) is 0 Å². The summed E-state index contributed by atoms with van der Waals surface area (Å²) in [6, 6.07) is 6.29. The van der Waals surface area contributed by atoms with Crippen LogP contribution in [0.1, 0.15) is 51.7 Å². The number of nitrogens with two attached hydrogens (primary N) is 1. The first kappa shape index (κ1) is 14.5. The number of nitrogens with zero attached hydrogens (tertiary/aromatic N) is 1. The fraction of sp³-hybridized carbons (Fsp3) is 0.438. The van der Waals surface area contributed by atoms with Crippen LogP contribution in [0, 0.1) is 6.92 Å². The molecule has 18 heavy (non-hydrogen) atoms. The molecule has 1 aromatic rings. The van der Waals surface area contributed by atoms with Crippen LogP contribution in [0.25, 0.3) is 5.57 Å². The Morgan fingerprint density at radius 1 is 1.17 bits per heavy atom. The minimum Gasteiger partial charge on any atom is -0.387 e. The zero-order valence-electron chi connectivity index (χ0n) is 12.2. The number of hydrogen-bond acceptors (Lipinski definition) is 1. The summed E-state index contributed by atoms with van der Waals surface area (Å²) in [4.78, 5) is 4.58. The number of benzene rings is 1. The van der Waals surface area contributed by atoms with Gasteiger partial charge in [0.15, 0.2) is 0 Å². The molecule has 0 aliphatic heterocycles. The largest absolute Gasteiger partial charge is 0.387 e. The van der Waals surface area contributed by atoms with Gasteiger partial charge in [0, 0.05) is 12.0 Å². The highest BCUT2D eigenvalue weighted by molar-refractivity contribution is 5.86. The van der Waals surface area contributed by atoms with Gasteiger partial charge in [0.05, 0.1) is 11.5 Å². The van der Waals surface area contributed by atoms with Crippen molar-refractivity contribution in [1.29, 1.82) is 0 Å². The first-order chi connectivity index (χ1) is 8.51. The Morgan fingerprint density at radius 2 is 1.83 bits per heavy atom. The molecule has 0 fully saturated rings. The number of allylic oxidation sites excluding steroid dienone is 2. The van der Waals surface area contributed by atoms with Crippen molar-refractivity contribution in [2.24, 2.45) is 10.7 Å². The third kappa shape index (κ3) is 3.22. The Kier molecular flexibility index (Phi) is 5.14. The van der Waals surface area contributed by atoms with Crippen molar-refractivity contribution in [2.75, 3.05) is 0 Å². The van der Waals surface area contributed by atoms with Crippen molar-refractivity contribution in [3.63, 3.8) is 0 Å². The van der Waals surface area contributed by atoms with E-state index in [-0.39, 0.29) is 0 Å². The predicted octanol–water partition coefficient (Wildman–Crippen LogP) is 4.60. The SMILES string of the molecule is CCC(N)=Nc1c(C)cccc1/C(C)=C(/C)CC. The molecule has 2 nitrogen and oxygen atoms in total. The second-order valence-corrected chi connectivity index (χ2v) is 4.69. The molecule has 0 bridgehead atoms. The number of hydrogen-bond donors (Lipinski definition) is 1. The predicted molar refractivity (Wildman–Crippen MR) is 81.3 cm³/mol. The lowest BCUT2D eigenvalue weighted by Gasteiger charge is -2.12. The molecule has 98 valence electrons. The molecule has 0 saturated heterocycles. The number of aliphatic imine (C=N–C) groups is 1. The monoisotopic (exact) mass is 244 g/mol. The van der Waals surface area contributed by atoms with Crippen molar-refractivity contribution in [3.8, 4) is 0 Å². The van der Waals surface area contributed by atoms with Gasteiger partial charge in [-0.3, -0.25) is 0 Å². The zero-order chi connectivity index (χ0) is 13.7. The lowest BCUT2D eigenvalue weighted by Crippen LogP contribution is -2.09. The quantitative estimate of drug-likeness (QED) is 0.610. The van der Waals surface area contributed by atoms with Crippen molar-refractivity contribution < 1.29 is 0 Å². The highest BCUT2D eigenvalue weighted by Crippen LogP contribution is 2.32. The molecular formula is C16H24N2. The van der Waals surface area contributed by atoms with E-state index in [2.05, 4.69) is 50.9 Å². The maximum atomic E-state index is 5.89. The molecule has 1 aromatic carbocycles. The molecule has 2 N–H and O–H groups in total. The Labute approximate surface area is 111 Å². The molecule has 1 rings (SSSR count). The topological polar surface area (TPSA) is 38.4 Å². The van der Waals surface area contributed by atoms with Crippen molar-refractivity contribution in [3.05, 3.63) is 34.9 Å². The lowest BCUT2D eigenvalue weighted by molar-refractivity contribution is 1.10. The summed E-state index contributed by atoms with van der Waals surface area (Å²) in [6.45, 7) is 10.6. The van der Waals surface area contributed by atoms with E-state index in [4.69, 9.17) is 5.73 Å². The summed E-state index contributed by atoms with van der Waals surface area (Å²) >= 11 is 0. The van der Waals surface area contributed by atoms with E-state index in [1.165, 1.54) is 22.3 Å².